The average Bonchev–Trinajstić information content (AvgIpc) is 2.84. The second-order valence-corrected chi connectivity index (χ2v) is 8.40. The zero-order valence-corrected chi connectivity index (χ0v) is 18.0. The first-order valence-corrected chi connectivity index (χ1v) is 11.0. The molecule has 0 aromatic heterocycles. The average molecular weight is 399 g/mol. The lowest BCUT2D eigenvalue weighted by atomic mass is 9.86. The largest absolute Gasteiger partial charge is 0.0622 e. The normalized spacial score (nSPS) is 11.2. The summed E-state index contributed by atoms with van der Waals surface area (Å²) in [6, 6.07) is 41.8. The van der Waals surface area contributed by atoms with Crippen LogP contribution >= 0.6 is 0 Å². The molecule has 0 heterocycles. The summed E-state index contributed by atoms with van der Waals surface area (Å²) in [6.07, 6.45) is 0. The van der Waals surface area contributed by atoms with Crippen LogP contribution in [-0.2, 0) is 0 Å². The van der Waals surface area contributed by atoms with Gasteiger partial charge in [-0.2, -0.15) is 0 Å². The van der Waals surface area contributed by atoms with E-state index in [4.69, 9.17) is 0 Å². The Morgan fingerprint density at radius 2 is 1.10 bits per heavy atom. The maximum absolute atomic E-state index is 2.29. The number of rotatable bonds is 4. The summed E-state index contributed by atoms with van der Waals surface area (Å²) in [6.45, 7) is 4.49. The van der Waals surface area contributed by atoms with Crippen LogP contribution in [0.15, 0.2) is 115 Å². The number of fused-ring (bicyclic) bond motifs is 1. The van der Waals surface area contributed by atoms with Gasteiger partial charge in [-0.25, -0.2) is 0 Å². The van der Waals surface area contributed by atoms with Gasteiger partial charge in [-0.05, 0) is 55.6 Å². The molecular formula is C31H26. The van der Waals surface area contributed by atoms with Gasteiger partial charge < -0.3 is 0 Å². The van der Waals surface area contributed by atoms with Crippen LogP contribution in [0.1, 0.15) is 25.3 Å². The highest BCUT2D eigenvalue weighted by molar-refractivity contribution is 6.05. The fourth-order valence-electron chi connectivity index (χ4n) is 4.43. The zero-order valence-electron chi connectivity index (χ0n) is 18.0. The van der Waals surface area contributed by atoms with Gasteiger partial charge in [0.15, 0.2) is 0 Å². The molecule has 0 atom stereocenters. The molecule has 0 aliphatic carbocycles. The number of hydrogen-bond donors (Lipinski definition) is 0. The Balaban J connectivity index is 1.79. The Bertz CT molecular complexity index is 1330. The summed E-state index contributed by atoms with van der Waals surface area (Å²) in [5.74, 6) is 0.528. The van der Waals surface area contributed by atoms with Crippen molar-refractivity contribution >= 4 is 10.8 Å². The Kier molecular flexibility index (Phi) is 5.14. The van der Waals surface area contributed by atoms with Gasteiger partial charge in [-0.1, -0.05) is 129 Å². The van der Waals surface area contributed by atoms with Crippen LogP contribution in [0, 0.1) is 0 Å². The fourth-order valence-corrected chi connectivity index (χ4v) is 4.43. The SMILES string of the molecule is CC(C)c1ccc(-c2c(-c3ccccc3-c3ccccc3)ccc3ccccc23)cc1. The van der Waals surface area contributed by atoms with E-state index in [0.29, 0.717) is 5.92 Å². The number of hydrogen-bond acceptors (Lipinski definition) is 0. The van der Waals surface area contributed by atoms with Crippen LogP contribution < -0.4 is 0 Å². The van der Waals surface area contributed by atoms with Crippen LogP contribution in [-0.4, -0.2) is 0 Å². The predicted octanol–water partition coefficient (Wildman–Crippen LogP) is 8.96. The summed E-state index contributed by atoms with van der Waals surface area (Å²) in [5.41, 5.74) is 8.98. The van der Waals surface area contributed by atoms with Crippen LogP contribution in [0.3, 0.4) is 0 Å². The summed E-state index contributed by atoms with van der Waals surface area (Å²) >= 11 is 0. The van der Waals surface area contributed by atoms with E-state index in [0.717, 1.165) is 0 Å². The van der Waals surface area contributed by atoms with Gasteiger partial charge in [-0.15, -0.1) is 0 Å². The van der Waals surface area contributed by atoms with E-state index in [-0.39, 0.29) is 0 Å². The highest BCUT2D eigenvalue weighted by Gasteiger charge is 2.15. The van der Waals surface area contributed by atoms with E-state index in [1.54, 1.807) is 0 Å². The quantitative estimate of drug-likeness (QED) is 0.283. The van der Waals surface area contributed by atoms with Gasteiger partial charge >= 0.3 is 0 Å². The standard InChI is InChI=1S/C31H26/c1-22(2)23-16-18-26(19-17-23)31-28-14-7-6-12-25(28)20-21-30(31)29-15-9-8-13-27(29)24-10-4-3-5-11-24/h3-22H,1-2H3. The molecule has 0 amide bonds. The smallest absolute Gasteiger partial charge is 0.00266 e. The van der Waals surface area contributed by atoms with Crippen molar-refractivity contribution in [1.82, 2.24) is 0 Å². The summed E-state index contributed by atoms with van der Waals surface area (Å²) < 4.78 is 0. The van der Waals surface area contributed by atoms with Crippen LogP contribution in [0.4, 0.5) is 0 Å². The third-order valence-electron chi connectivity index (χ3n) is 6.10. The van der Waals surface area contributed by atoms with Crippen molar-refractivity contribution in [1.29, 1.82) is 0 Å². The van der Waals surface area contributed by atoms with Crippen LogP contribution in [0.5, 0.6) is 0 Å². The molecule has 0 fully saturated rings. The molecule has 0 aliphatic rings. The lowest BCUT2D eigenvalue weighted by Crippen LogP contribution is -1.92. The lowest BCUT2D eigenvalue weighted by molar-refractivity contribution is 0.867. The molecule has 31 heavy (non-hydrogen) atoms. The third-order valence-corrected chi connectivity index (χ3v) is 6.10. The topological polar surface area (TPSA) is 0 Å². The number of benzene rings is 5. The van der Waals surface area contributed by atoms with Gasteiger partial charge in [0.2, 0.25) is 0 Å². The highest BCUT2D eigenvalue weighted by Crippen LogP contribution is 2.42. The molecule has 0 unspecified atom stereocenters. The Hall–Kier alpha value is -3.64. The van der Waals surface area contributed by atoms with Gasteiger partial charge in [0, 0.05) is 0 Å². The van der Waals surface area contributed by atoms with Crippen molar-refractivity contribution in [2.45, 2.75) is 19.8 Å². The molecule has 5 aromatic rings. The molecule has 5 rings (SSSR count). The van der Waals surface area contributed by atoms with E-state index < -0.39 is 0 Å². The van der Waals surface area contributed by atoms with Gasteiger partial charge in [0.1, 0.15) is 0 Å². The summed E-state index contributed by atoms with van der Waals surface area (Å²) in [4.78, 5) is 0. The molecule has 150 valence electrons. The lowest BCUT2D eigenvalue weighted by Gasteiger charge is -2.18. The predicted molar refractivity (Wildman–Crippen MR) is 134 cm³/mol. The van der Waals surface area contributed by atoms with Crippen molar-refractivity contribution in [3.63, 3.8) is 0 Å². The molecule has 0 spiro atoms. The zero-order chi connectivity index (χ0) is 21.2. The van der Waals surface area contributed by atoms with Crippen molar-refractivity contribution in [3.05, 3.63) is 121 Å². The summed E-state index contributed by atoms with van der Waals surface area (Å²) in [7, 11) is 0. The second kappa shape index (κ2) is 8.24. The molecule has 5 aromatic carbocycles. The van der Waals surface area contributed by atoms with Gasteiger partial charge in [0.25, 0.3) is 0 Å². The van der Waals surface area contributed by atoms with Crippen molar-refractivity contribution in [3.8, 4) is 33.4 Å². The minimum atomic E-state index is 0.528. The monoisotopic (exact) mass is 398 g/mol. The Morgan fingerprint density at radius 1 is 0.452 bits per heavy atom. The minimum absolute atomic E-state index is 0.528. The Labute approximate surface area is 184 Å². The Morgan fingerprint density at radius 3 is 1.84 bits per heavy atom. The van der Waals surface area contributed by atoms with E-state index in [2.05, 4.69) is 129 Å². The summed E-state index contributed by atoms with van der Waals surface area (Å²) in [5, 5.41) is 2.56. The first kappa shape index (κ1) is 19.3. The van der Waals surface area contributed by atoms with E-state index >= 15 is 0 Å². The third kappa shape index (κ3) is 3.66. The molecule has 0 saturated carbocycles. The minimum Gasteiger partial charge on any atom is -0.0622 e. The first-order chi connectivity index (χ1) is 15.2. The van der Waals surface area contributed by atoms with Crippen molar-refractivity contribution in [2.75, 3.05) is 0 Å². The van der Waals surface area contributed by atoms with Gasteiger partial charge in [0.05, 0.1) is 0 Å². The van der Waals surface area contributed by atoms with Crippen molar-refractivity contribution in [2.24, 2.45) is 0 Å². The van der Waals surface area contributed by atoms with E-state index in [1.165, 1.54) is 49.7 Å². The second-order valence-electron chi connectivity index (χ2n) is 8.40. The van der Waals surface area contributed by atoms with E-state index in [1.807, 2.05) is 0 Å². The maximum Gasteiger partial charge on any atom is -0.00266 e. The molecule has 0 N–H and O–H groups in total. The molecule has 0 aliphatic heterocycles. The maximum atomic E-state index is 2.29. The van der Waals surface area contributed by atoms with Crippen LogP contribution in [0.25, 0.3) is 44.2 Å². The molecule has 0 bridgehead atoms. The van der Waals surface area contributed by atoms with E-state index in [9.17, 15) is 0 Å². The molecule has 0 heteroatoms. The van der Waals surface area contributed by atoms with Gasteiger partial charge in [-0.3, -0.25) is 0 Å². The fraction of sp³-hybridized carbons (Fsp3) is 0.0968. The molecule has 0 radical (unpaired) electrons. The molecule has 0 nitrogen and oxygen atoms in total. The highest BCUT2D eigenvalue weighted by atomic mass is 14.2. The first-order valence-electron chi connectivity index (χ1n) is 11.0. The molecular weight excluding hydrogens is 372 g/mol. The molecule has 0 saturated heterocycles. The van der Waals surface area contributed by atoms with Crippen LogP contribution in [0.2, 0.25) is 0 Å². The van der Waals surface area contributed by atoms with Crippen molar-refractivity contribution < 1.29 is 0 Å².